The van der Waals surface area contributed by atoms with E-state index in [9.17, 15) is 9.59 Å². The number of hydrogen-bond acceptors (Lipinski definition) is 2. The van der Waals surface area contributed by atoms with E-state index in [2.05, 4.69) is 6.92 Å². The van der Waals surface area contributed by atoms with Gasteiger partial charge in [-0.2, -0.15) is 0 Å². The summed E-state index contributed by atoms with van der Waals surface area (Å²) in [6.45, 7) is 4.09. The summed E-state index contributed by atoms with van der Waals surface area (Å²) in [5.74, 6) is -1.03. The van der Waals surface area contributed by atoms with Crippen molar-refractivity contribution in [2.45, 2.75) is 45.6 Å². The number of carboxylic acids is 1. The highest BCUT2D eigenvalue weighted by molar-refractivity contribution is 5.85. The molecule has 1 aliphatic rings. The average molecular weight is 261 g/mol. The van der Waals surface area contributed by atoms with Crippen LogP contribution in [-0.4, -0.2) is 15.6 Å². The van der Waals surface area contributed by atoms with Gasteiger partial charge in [-0.25, -0.2) is 4.79 Å². The molecule has 0 saturated carbocycles. The summed E-state index contributed by atoms with van der Waals surface area (Å²) in [7, 11) is 0. The molecule has 19 heavy (non-hydrogen) atoms. The topological polar surface area (TPSA) is 59.3 Å². The Bertz CT molecular complexity index is 584. The third-order valence-electron chi connectivity index (χ3n) is 3.75. The van der Waals surface area contributed by atoms with Gasteiger partial charge in [0.1, 0.15) is 0 Å². The Kier molecular flexibility index (Phi) is 3.88. The van der Waals surface area contributed by atoms with Crippen molar-refractivity contribution in [1.82, 2.24) is 4.57 Å². The van der Waals surface area contributed by atoms with Crippen LogP contribution in [-0.2, 0) is 17.6 Å². The Labute approximate surface area is 112 Å². The summed E-state index contributed by atoms with van der Waals surface area (Å²) in [6, 6.07) is 2.00. The fraction of sp³-hybridized carbons (Fsp3) is 0.467. The van der Waals surface area contributed by atoms with Crippen molar-refractivity contribution in [2.75, 3.05) is 0 Å². The van der Waals surface area contributed by atoms with E-state index < -0.39 is 5.97 Å². The summed E-state index contributed by atoms with van der Waals surface area (Å²) in [5.41, 5.74) is 2.72. The van der Waals surface area contributed by atoms with E-state index in [1.165, 1.54) is 11.6 Å². The molecule has 4 heteroatoms. The minimum atomic E-state index is -1.03. The predicted molar refractivity (Wildman–Crippen MR) is 74.4 cm³/mol. The SMILES string of the molecule is CCC(C)n1c2c(cc(/C=C/C(=O)O)c1=O)CCC2. The standard InChI is InChI=1S/C15H19NO3/c1-3-10(2)16-13-6-4-5-11(13)9-12(15(16)19)7-8-14(17)18/h7-10H,3-6H2,1-2H3,(H,17,18)/b8-7+. The number of carboxylic acid groups (broad SMARTS) is 1. The van der Waals surface area contributed by atoms with E-state index in [0.29, 0.717) is 5.56 Å². The lowest BCUT2D eigenvalue weighted by atomic mass is 10.1. The van der Waals surface area contributed by atoms with E-state index in [0.717, 1.165) is 37.5 Å². The molecule has 4 nitrogen and oxygen atoms in total. The van der Waals surface area contributed by atoms with Crippen LogP contribution >= 0.6 is 0 Å². The fourth-order valence-corrected chi connectivity index (χ4v) is 2.62. The van der Waals surface area contributed by atoms with Crippen molar-refractivity contribution in [2.24, 2.45) is 0 Å². The smallest absolute Gasteiger partial charge is 0.328 e. The van der Waals surface area contributed by atoms with Gasteiger partial charge in [0.05, 0.1) is 0 Å². The van der Waals surface area contributed by atoms with Crippen molar-refractivity contribution < 1.29 is 9.90 Å². The van der Waals surface area contributed by atoms with E-state index in [-0.39, 0.29) is 11.6 Å². The second-order valence-electron chi connectivity index (χ2n) is 5.03. The normalized spacial score (nSPS) is 15.7. The number of fused-ring (bicyclic) bond motifs is 1. The van der Waals surface area contributed by atoms with Gasteiger partial charge in [0.2, 0.25) is 0 Å². The molecule has 1 aromatic rings. The van der Waals surface area contributed by atoms with Gasteiger partial charge < -0.3 is 9.67 Å². The summed E-state index contributed by atoms with van der Waals surface area (Å²) in [6.07, 6.45) is 6.30. The van der Waals surface area contributed by atoms with Crippen molar-refractivity contribution in [3.05, 3.63) is 39.3 Å². The van der Waals surface area contributed by atoms with Gasteiger partial charge in [-0.05, 0) is 50.3 Å². The maximum Gasteiger partial charge on any atom is 0.328 e. The average Bonchev–Trinajstić information content (AvgIpc) is 2.83. The van der Waals surface area contributed by atoms with Crippen LogP contribution in [0.1, 0.15) is 49.6 Å². The number of hydrogen-bond donors (Lipinski definition) is 1. The number of carbonyl (C=O) groups is 1. The zero-order chi connectivity index (χ0) is 14.0. The van der Waals surface area contributed by atoms with Crippen molar-refractivity contribution >= 4 is 12.0 Å². The molecular weight excluding hydrogens is 242 g/mol. The molecule has 0 amide bonds. The van der Waals surface area contributed by atoms with E-state index in [1.807, 2.05) is 17.6 Å². The summed E-state index contributed by atoms with van der Waals surface area (Å²) in [4.78, 5) is 23.1. The summed E-state index contributed by atoms with van der Waals surface area (Å²) < 4.78 is 1.85. The monoisotopic (exact) mass is 261 g/mol. The molecule has 1 N–H and O–H groups in total. The van der Waals surface area contributed by atoms with Crippen LogP contribution in [0, 0.1) is 0 Å². The lowest BCUT2D eigenvalue weighted by molar-refractivity contribution is -0.131. The molecule has 0 saturated heterocycles. The van der Waals surface area contributed by atoms with Crippen molar-refractivity contribution in [1.29, 1.82) is 0 Å². The first kappa shape index (κ1) is 13.6. The number of aliphatic carboxylic acids is 1. The van der Waals surface area contributed by atoms with Crippen LogP contribution in [0.5, 0.6) is 0 Å². The van der Waals surface area contributed by atoms with E-state index in [4.69, 9.17) is 5.11 Å². The molecular formula is C15H19NO3. The Morgan fingerprint density at radius 3 is 2.89 bits per heavy atom. The third kappa shape index (κ3) is 2.62. The Hall–Kier alpha value is -1.84. The van der Waals surface area contributed by atoms with Crippen LogP contribution in [0.15, 0.2) is 16.9 Å². The van der Waals surface area contributed by atoms with Gasteiger partial charge in [-0.1, -0.05) is 6.92 Å². The molecule has 102 valence electrons. The molecule has 0 bridgehead atoms. The van der Waals surface area contributed by atoms with Crippen LogP contribution in [0.4, 0.5) is 0 Å². The highest BCUT2D eigenvalue weighted by atomic mass is 16.4. The zero-order valence-electron chi connectivity index (χ0n) is 11.3. The molecule has 0 fully saturated rings. The number of pyridine rings is 1. The van der Waals surface area contributed by atoms with Gasteiger partial charge in [-0.3, -0.25) is 4.79 Å². The lowest BCUT2D eigenvalue weighted by Crippen LogP contribution is -2.28. The summed E-state index contributed by atoms with van der Waals surface area (Å²) >= 11 is 0. The zero-order valence-corrected chi connectivity index (χ0v) is 11.3. The van der Waals surface area contributed by atoms with Gasteiger partial charge in [-0.15, -0.1) is 0 Å². The Balaban J connectivity index is 2.59. The first-order valence-electron chi connectivity index (χ1n) is 6.73. The predicted octanol–water partition coefficient (Wildman–Crippen LogP) is 2.41. The molecule has 0 aliphatic heterocycles. The fourth-order valence-electron chi connectivity index (χ4n) is 2.62. The minimum absolute atomic E-state index is 0.0764. The molecule has 0 radical (unpaired) electrons. The number of nitrogens with zero attached hydrogens (tertiary/aromatic N) is 1. The van der Waals surface area contributed by atoms with Gasteiger partial charge in [0, 0.05) is 23.4 Å². The van der Waals surface area contributed by atoms with Crippen LogP contribution in [0.2, 0.25) is 0 Å². The highest BCUT2D eigenvalue weighted by Gasteiger charge is 2.20. The third-order valence-corrected chi connectivity index (χ3v) is 3.75. The quantitative estimate of drug-likeness (QED) is 0.847. The first-order chi connectivity index (χ1) is 9.04. The molecule has 1 atom stereocenters. The first-order valence-corrected chi connectivity index (χ1v) is 6.73. The minimum Gasteiger partial charge on any atom is -0.478 e. The van der Waals surface area contributed by atoms with Crippen LogP contribution in [0.3, 0.4) is 0 Å². The van der Waals surface area contributed by atoms with Gasteiger partial charge in [0.25, 0.3) is 5.56 Å². The number of rotatable bonds is 4. The van der Waals surface area contributed by atoms with Gasteiger partial charge in [0.15, 0.2) is 0 Å². The maximum absolute atomic E-state index is 12.5. The number of aromatic nitrogens is 1. The van der Waals surface area contributed by atoms with Crippen LogP contribution < -0.4 is 5.56 Å². The number of aryl methyl sites for hydroxylation is 1. The molecule has 2 rings (SSSR count). The molecule has 1 heterocycles. The largest absolute Gasteiger partial charge is 0.478 e. The molecule has 1 aromatic heterocycles. The maximum atomic E-state index is 12.5. The molecule has 1 unspecified atom stereocenters. The lowest BCUT2D eigenvalue weighted by Gasteiger charge is -2.19. The Morgan fingerprint density at radius 2 is 2.26 bits per heavy atom. The summed E-state index contributed by atoms with van der Waals surface area (Å²) in [5, 5.41) is 8.69. The van der Waals surface area contributed by atoms with Crippen molar-refractivity contribution in [3.8, 4) is 0 Å². The second-order valence-corrected chi connectivity index (χ2v) is 5.03. The van der Waals surface area contributed by atoms with E-state index in [1.54, 1.807) is 0 Å². The van der Waals surface area contributed by atoms with Crippen molar-refractivity contribution in [3.63, 3.8) is 0 Å². The van der Waals surface area contributed by atoms with E-state index >= 15 is 0 Å². The molecule has 0 aromatic carbocycles. The second kappa shape index (κ2) is 5.43. The highest BCUT2D eigenvalue weighted by Crippen LogP contribution is 2.25. The molecule has 1 aliphatic carbocycles. The Morgan fingerprint density at radius 1 is 1.53 bits per heavy atom. The molecule has 0 spiro atoms. The van der Waals surface area contributed by atoms with Crippen LogP contribution in [0.25, 0.3) is 6.08 Å². The van der Waals surface area contributed by atoms with Gasteiger partial charge >= 0.3 is 5.97 Å².